The van der Waals surface area contributed by atoms with Crippen LogP contribution in [0.15, 0.2) is 65.1 Å². The van der Waals surface area contributed by atoms with Gasteiger partial charge in [-0.15, -0.1) is 0 Å². The van der Waals surface area contributed by atoms with E-state index >= 15 is 0 Å². The fourth-order valence-electron chi connectivity index (χ4n) is 3.88. The predicted molar refractivity (Wildman–Crippen MR) is 127 cm³/mol. The molecule has 4 rings (SSSR count). The maximum Gasteiger partial charge on any atom is 0.287 e. The molecule has 0 saturated carbocycles. The van der Waals surface area contributed by atoms with E-state index in [0.717, 1.165) is 4.68 Å². The average molecular weight is 497 g/mol. The number of rotatable bonds is 6. The normalized spacial score (nSPS) is 15.4. The average Bonchev–Trinajstić information content (AvgIpc) is 3.17. The summed E-state index contributed by atoms with van der Waals surface area (Å²) >= 11 is 6.04. The zero-order valence-corrected chi connectivity index (χ0v) is 19.2. The van der Waals surface area contributed by atoms with Gasteiger partial charge in [0.15, 0.2) is 12.4 Å². The van der Waals surface area contributed by atoms with Crippen molar-refractivity contribution in [2.75, 3.05) is 6.61 Å². The number of nitrogens with two attached hydrogens (primary N) is 3. The molecule has 2 aromatic carbocycles. The van der Waals surface area contributed by atoms with Gasteiger partial charge in [0, 0.05) is 5.02 Å². The summed E-state index contributed by atoms with van der Waals surface area (Å²) in [6.07, 6.45) is 0. The summed E-state index contributed by atoms with van der Waals surface area (Å²) in [6.45, 7) is 1.22. The minimum absolute atomic E-state index is 0.0613. The number of primary amides is 1. The van der Waals surface area contributed by atoms with Crippen molar-refractivity contribution in [2.45, 2.75) is 12.8 Å². The van der Waals surface area contributed by atoms with Gasteiger partial charge in [-0.3, -0.25) is 9.59 Å². The maximum absolute atomic E-state index is 13.1. The van der Waals surface area contributed by atoms with Crippen molar-refractivity contribution in [3.05, 3.63) is 87.4 Å². The molecule has 0 saturated heterocycles. The third kappa shape index (κ3) is 4.36. The van der Waals surface area contributed by atoms with Gasteiger partial charge in [0.05, 0.1) is 28.3 Å². The van der Waals surface area contributed by atoms with Gasteiger partial charge in [0.2, 0.25) is 11.8 Å². The van der Waals surface area contributed by atoms with E-state index in [2.05, 4.69) is 10.3 Å². The molecule has 12 heteroatoms. The van der Waals surface area contributed by atoms with Crippen LogP contribution in [0, 0.1) is 6.92 Å². The van der Waals surface area contributed by atoms with E-state index in [0.29, 0.717) is 21.8 Å². The summed E-state index contributed by atoms with van der Waals surface area (Å²) in [4.78, 5) is 24.7. The molecule has 7 N–H and O–H groups in total. The number of carbonyl (C=O) groups is 2. The van der Waals surface area contributed by atoms with E-state index in [9.17, 15) is 14.8 Å². The summed E-state index contributed by atoms with van der Waals surface area (Å²) in [5, 5.41) is 17.3. The van der Waals surface area contributed by atoms with Crippen LogP contribution in [-0.2, 0) is 0 Å². The van der Waals surface area contributed by atoms with Crippen molar-refractivity contribution in [3.8, 4) is 11.6 Å². The van der Waals surface area contributed by atoms with Gasteiger partial charge in [-0.05, 0) is 36.8 Å². The summed E-state index contributed by atoms with van der Waals surface area (Å²) in [6, 6.07) is 13.1. The van der Waals surface area contributed by atoms with E-state index < -0.39 is 24.3 Å². The van der Waals surface area contributed by atoms with Gasteiger partial charge in [-0.25, -0.2) is 0 Å². The molecule has 1 unspecified atom stereocenters. The first-order valence-electron chi connectivity index (χ1n) is 10.3. The van der Waals surface area contributed by atoms with Crippen LogP contribution in [-0.4, -0.2) is 39.2 Å². The minimum atomic E-state index is -0.692. The van der Waals surface area contributed by atoms with Crippen LogP contribution in [0.1, 0.15) is 37.9 Å². The second-order valence-electron chi connectivity index (χ2n) is 7.61. The van der Waals surface area contributed by atoms with E-state index in [1.165, 1.54) is 12.1 Å². The van der Waals surface area contributed by atoms with Crippen LogP contribution in [0.3, 0.4) is 0 Å². The standard InChI is InChI=1S/C23H21ClN6O5/c1-11-17-18(12-6-8-13(24)9-7-12)19(20(25)29-33)22(27)35-23(17)30(28-11)16(31)10-34-15-5-3-2-4-14(15)21(26)32/h2-9,18,33H,10,27H2,1H3,(H2,25,29)(H2,26,32). The Hall–Kier alpha value is -4.51. The van der Waals surface area contributed by atoms with Crippen LogP contribution in [0.25, 0.3) is 0 Å². The van der Waals surface area contributed by atoms with Gasteiger partial charge >= 0.3 is 0 Å². The maximum atomic E-state index is 13.1. The van der Waals surface area contributed by atoms with Crippen LogP contribution < -0.4 is 26.7 Å². The van der Waals surface area contributed by atoms with Crippen LogP contribution in [0.2, 0.25) is 5.02 Å². The topological polar surface area (TPSA) is 181 Å². The number of fused-ring (bicyclic) bond motifs is 1. The number of aromatic nitrogens is 2. The van der Waals surface area contributed by atoms with Gasteiger partial charge in [0.25, 0.3) is 11.8 Å². The number of hydrogen-bond acceptors (Lipinski definition) is 8. The Bertz CT molecular complexity index is 1380. The van der Waals surface area contributed by atoms with Crippen molar-refractivity contribution in [3.63, 3.8) is 0 Å². The zero-order chi connectivity index (χ0) is 25.3. The Morgan fingerprint density at radius 3 is 2.54 bits per heavy atom. The Balaban J connectivity index is 1.74. The number of amidine groups is 1. The number of amides is 1. The zero-order valence-electron chi connectivity index (χ0n) is 18.4. The lowest BCUT2D eigenvalue weighted by Crippen LogP contribution is -2.31. The van der Waals surface area contributed by atoms with Crippen molar-refractivity contribution in [1.82, 2.24) is 9.78 Å². The van der Waals surface area contributed by atoms with Crippen LogP contribution in [0.5, 0.6) is 11.6 Å². The molecule has 0 aliphatic carbocycles. The molecule has 0 radical (unpaired) electrons. The number of halogens is 1. The molecule has 180 valence electrons. The highest BCUT2D eigenvalue weighted by Crippen LogP contribution is 2.44. The number of carbonyl (C=O) groups excluding carboxylic acids is 2. The number of para-hydroxylation sites is 1. The molecule has 1 amide bonds. The lowest BCUT2D eigenvalue weighted by Gasteiger charge is -2.27. The summed E-state index contributed by atoms with van der Waals surface area (Å²) in [7, 11) is 0. The molecule has 11 nitrogen and oxygen atoms in total. The number of aryl methyl sites for hydroxylation is 1. The highest BCUT2D eigenvalue weighted by molar-refractivity contribution is 6.30. The number of benzene rings is 2. The highest BCUT2D eigenvalue weighted by Gasteiger charge is 2.38. The Morgan fingerprint density at radius 1 is 1.20 bits per heavy atom. The molecular formula is C23H21ClN6O5. The molecule has 1 aliphatic rings. The lowest BCUT2D eigenvalue weighted by atomic mass is 9.83. The molecule has 0 spiro atoms. The predicted octanol–water partition coefficient (Wildman–Crippen LogP) is 2.10. The SMILES string of the molecule is Cc1nn(C(=O)COc2ccccc2C(N)=O)c2c1C(c1ccc(Cl)cc1)C(/C(N)=N/O)=C(N)O2. The minimum Gasteiger partial charge on any atom is -0.483 e. The molecule has 3 aromatic rings. The van der Waals surface area contributed by atoms with E-state index in [4.69, 9.17) is 38.3 Å². The van der Waals surface area contributed by atoms with Crippen molar-refractivity contribution >= 4 is 29.3 Å². The molecular weight excluding hydrogens is 476 g/mol. The molecule has 0 fully saturated rings. The third-order valence-electron chi connectivity index (χ3n) is 5.44. The highest BCUT2D eigenvalue weighted by atomic mass is 35.5. The second-order valence-corrected chi connectivity index (χ2v) is 8.05. The second kappa shape index (κ2) is 9.39. The summed E-state index contributed by atoms with van der Waals surface area (Å²) < 4.78 is 12.3. The molecule has 1 atom stereocenters. The Kier molecular flexibility index (Phi) is 6.34. The third-order valence-corrected chi connectivity index (χ3v) is 5.69. The number of oxime groups is 1. The van der Waals surface area contributed by atoms with E-state index in [1.54, 1.807) is 43.3 Å². The fourth-order valence-corrected chi connectivity index (χ4v) is 4.00. The monoisotopic (exact) mass is 496 g/mol. The fraction of sp³-hybridized carbons (Fsp3) is 0.130. The molecule has 35 heavy (non-hydrogen) atoms. The Morgan fingerprint density at radius 2 is 1.89 bits per heavy atom. The first kappa shape index (κ1) is 23.6. The van der Waals surface area contributed by atoms with Gasteiger partial charge in [0.1, 0.15) is 5.75 Å². The van der Waals surface area contributed by atoms with Gasteiger partial charge in [-0.1, -0.05) is 41.0 Å². The molecule has 1 aliphatic heterocycles. The first-order chi connectivity index (χ1) is 16.7. The van der Waals surface area contributed by atoms with Crippen molar-refractivity contribution in [2.24, 2.45) is 22.4 Å². The van der Waals surface area contributed by atoms with Gasteiger partial charge in [-0.2, -0.15) is 9.78 Å². The molecule has 2 heterocycles. The first-order valence-corrected chi connectivity index (χ1v) is 10.7. The van der Waals surface area contributed by atoms with Crippen LogP contribution >= 0.6 is 11.6 Å². The summed E-state index contributed by atoms with van der Waals surface area (Å²) in [5.74, 6) is -2.15. The van der Waals surface area contributed by atoms with Gasteiger partial charge < -0.3 is 31.9 Å². The van der Waals surface area contributed by atoms with E-state index in [-0.39, 0.29) is 34.5 Å². The van der Waals surface area contributed by atoms with Crippen molar-refractivity contribution in [1.29, 1.82) is 0 Å². The Labute approximate surface area is 204 Å². The van der Waals surface area contributed by atoms with E-state index in [1.807, 2.05) is 0 Å². The van der Waals surface area contributed by atoms with Crippen molar-refractivity contribution < 1.29 is 24.3 Å². The molecule has 1 aromatic heterocycles. The van der Waals surface area contributed by atoms with Crippen LogP contribution in [0.4, 0.5) is 0 Å². The quantitative estimate of drug-likeness (QED) is 0.173. The number of nitrogens with zero attached hydrogens (tertiary/aromatic N) is 3. The summed E-state index contributed by atoms with van der Waals surface area (Å²) in [5.41, 5.74) is 19.4. The molecule has 0 bridgehead atoms. The smallest absolute Gasteiger partial charge is 0.287 e. The largest absolute Gasteiger partial charge is 0.483 e. The number of ether oxygens (including phenoxy) is 2. The number of hydrogen-bond donors (Lipinski definition) is 4. The lowest BCUT2D eigenvalue weighted by molar-refractivity contribution is 0.0804.